The van der Waals surface area contributed by atoms with Gasteiger partial charge in [-0.1, -0.05) is 37.3 Å². The largest absolute Gasteiger partial charge is 0.493 e. The predicted molar refractivity (Wildman–Crippen MR) is 110 cm³/mol. The van der Waals surface area contributed by atoms with Gasteiger partial charge in [-0.2, -0.15) is 0 Å². The number of nitrogens with zero attached hydrogens (tertiary/aromatic N) is 1. The van der Waals surface area contributed by atoms with Crippen molar-refractivity contribution in [2.45, 2.75) is 45.9 Å². The van der Waals surface area contributed by atoms with E-state index in [1.165, 1.54) is 36.1 Å². The molecule has 1 N–H and O–H groups in total. The summed E-state index contributed by atoms with van der Waals surface area (Å²) in [5, 5.41) is 3.61. The molecule has 1 aliphatic rings. The fourth-order valence-electron chi connectivity index (χ4n) is 3.79. The lowest BCUT2D eigenvalue weighted by Gasteiger charge is -2.23. The van der Waals surface area contributed by atoms with Gasteiger partial charge in [-0.3, -0.25) is 4.90 Å². The molecule has 0 spiro atoms. The van der Waals surface area contributed by atoms with Crippen LogP contribution in [-0.4, -0.2) is 37.7 Å². The Morgan fingerprint density at radius 3 is 2.78 bits per heavy atom. The first-order chi connectivity index (χ1) is 13.2. The molecule has 1 fully saturated rings. The highest BCUT2D eigenvalue weighted by atomic mass is 16.5. The average molecular weight is 369 g/mol. The van der Waals surface area contributed by atoms with Crippen LogP contribution in [0.4, 0.5) is 0 Å². The molecule has 3 rings (SSSR count). The topological polar surface area (TPSA) is 33.7 Å². The molecular formula is C23H32N2O2. The van der Waals surface area contributed by atoms with Crippen molar-refractivity contribution in [3.8, 4) is 11.5 Å². The van der Waals surface area contributed by atoms with Crippen molar-refractivity contribution in [3.05, 3.63) is 59.2 Å². The second kappa shape index (κ2) is 9.77. The molecule has 1 heterocycles. The van der Waals surface area contributed by atoms with Crippen LogP contribution in [0.25, 0.3) is 0 Å². The smallest absolute Gasteiger partial charge is 0.161 e. The maximum atomic E-state index is 6.01. The van der Waals surface area contributed by atoms with Gasteiger partial charge in [-0.05, 0) is 61.7 Å². The predicted octanol–water partition coefficient (Wildman–Crippen LogP) is 4.16. The molecule has 1 atom stereocenters. The number of aryl methyl sites for hydroxylation is 1. The first-order valence-corrected chi connectivity index (χ1v) is 10.00. The molecular weight excluding hydrogens is 336 g/mol. The van der Waals surface area contributed by atoms with E-state index >= 15 is 0 Å². The molecule has 0 aliphatic carbocycles. The van der Waals surface area contributed by atoms with Crippen LogP contribution in [0.15, 0.2) is 42.5 Å². The summed E-state index contributed by atoms with van der Waals surface area (Å²) >= 11 is 0. The molecule has 27 heavy (non-hydrogen) atoms. The minimum Gasteiger partial charge on any atom is -0.493 e. The highest BCUT2D eigenvalue weighted by Crippen LogP contribution is 2.29. The third-order valence-corrected chi connectivity index (χ3v) is 5.49. The van der Waals surface area contributed by atoms with E-state index < -0.39 is 0 Å². The summed E-state index contributed by atoms with van der Waals surface area (Å²) < 4.78 is 11.6. The number of nitrogens with one attached hydrogen (secondary N) is 1. The fraction of sp³-hybridized carbons (Fsp3) is 0.478. The quantitative estimate of drug-likeness (QED) is 0.721. The monoisotopic (exact) mass is 368 g/mol. The average Bonchev–Trinajstić information content (AvgIpc) is 3.15. The zero-order valence-electron chi connectivity index (χ0n) is 16.8. The van der Waals surface area contributed by atoms with Crippen LogP contribution in [-0.2, 0) is 13.2 Å². The number of methoxy groups -OCH3 is 1. The van der Waals surface area contributed by atoms with E-state index in [4.69, 9.17) is 9.47 Å². The van der Waals surface area contributed by atoms with Gasteiger partial charge in [-0.15, -0.1) is 0 Å². The number of ether oxygens (including phenoxy) is 2. The van der Waals surface area contributed by atoms with Gasteiger partial charge in [0.05, 0.1) is 7.11 Å². The minimum atomic E-state index is 0.551. The number of hydrogen-bond acceptors (Lipinski definition) is 4. The Labute approximate surface area is 163 Å². The maximum Gasteiger partial charge on any atom is 0.161 e. The van der Waals surface area contributed by atoms with Crippen LogP contribution in [0.3, 0.4) is 0 Å². The van der Waals surface area contributed by atoms with E-state index in [9.17, 15) is 0 Å². The zero-order chi connectivity index (χ0) is 19.1. The highest BCUT2D eigenvalue weighted by Gasteiger charge is 2.22. The summed E-state index contributed by atoms with van der Waals surface area (Å²) in [4.78, 5) is 2.57. The van der Waals surface area contributed by atoms with Gasteiger partial charge in [-0.25, -0.2) is 0 Å². The van der Waals surface area contributed by atoms with Crippen molar-refractivity contribution >= 4 is 0 Å². The molecule has 4 nitrogen and oxygen atoms in total. The third-order valence-electron chi connectivity index (χ3n) is 5.49. The van der Waals surface area contributed by atoms with E-state index in [0.717, 1.165) is 31.1 Å². The van der Waals surface area contributed by atoms with Crippen LogP contribution in [0.1, 0.15) is 36.5 Å². The van der Waals surface area contributed by atoms with Gasteiger partial charge >= 0.3 is 0 Å². The zero-order valence-corrected chi connectivity index (χ0v) is 16.8. The Kier molecular flexibility index (Phi) is 7.13. The summed E-state index contributed by atoms with van der Waals surface area (Å²) in [6.45, 7) is 9.18. The first-order valence-electron chi connectivity index (χ1n) is 10.00. The van der Waals surface area contributed by atoms with Crippen molar-refractivity contribution < 1.29 is 9.47 Å². The highest BCUT2D eigenvalue weighted by molar-refractivity contribution is 5.43. The number of rotatable bonds is 9. The molecule has 0 saturated carbocycles. The van der Waals surface area contributed by atoms with E-state index in [2.05, 4.69) is 48.3 Å². The Bertz CT molecular complexity index is 732. The van der Waals surface area contributed by atoms with Gasteiger partial charge in [0.25, 0.3) is 0 Å². The standard InChI is InChI=1S/C23H32N2O2/c1-4-25-13-7-10-21(25)16-24-15-19-11-12-22(23(14-19)26-3)27-17-20-9-6-5-8-18(20)2/h5-6,8-9,11-12,14,21,24H,4,7,10,13,15-17H2,1-3H3/t21-/m0/s1. The molecule has 1 aliphatic heterocycles. The molecule has 1 saturated heterocycles. The van der Waals surface area contributed by atoms with E-state index in [0.29, 0.717) is 12.6 Å². The normalized spacial score (nSPS) is 17.2. The molecule has 0 aromatic heterocycles. The lowest BCUT2D eigenvalue weighted by Crippen LogP contribution is -2.37. The van der Waals surface area contributed by atoms with Gasteiger partial charge < -0.3 is 14.8 Å². The van der Waals surface area contributed by atoms with Crippen molar-refractivity contribution in [2.75, 3.05) is 26.7 Å². The van der Waals surface area contributed by atoms with Crippen LogP contribution in [0.2, 0.25) is 0 Å². The van der Waals surface area contributed by atoms with Gasteiger partial charge in [0.15, 0.2) is 11.5 Å². The lowest BCUT2D eigenvalue weighted by atomic mass is 10.1. The van der Waals surface area contributed by atoms with Crippen LogP contribution < -0.4 is 14.8 Å². The van der Waals surface area contributed by atoms with Crippen molar-refractivity contribution in [2.24, 2.45) is 0 Å². The van der Waals surface area contributed by atoms with E-state index in [-0.39, 0.29) is 0 Å². The number of likely N-dealkylation sites (tertiary alicyclic amines) is 1. The second-order valence-corrected chi connectivity index (χ2v) is 7.26. The first kappa shape index (κ1) is 19.7. The molecule has 0 radical (unpaired) electrons. The van der Waals surface area contributed by atoms with Gasteiger partial charge in [0, 0.05) is 19.1 Å². The molecule has 0 amide bonds. The van der Waals surface area contributed by atoms with E-state index in [1.54, 1.807) is 7.11 Å². The number of likely N-dealkylation sites (N-methyl/N-ethyl adjacent to an activating group) is 1. The fourth-order valence-corrected chi connectivity index (χ4v) is 3.79. The summed E-state index contributed by atoms with van der Waals surface area (Å²) in [5.41, 5.74) is 3.66. The molecule has 0 bridgehead atoms. The van der Waals surface area contributed by atoms with Crippen LogP contribution in [0, 0.1) is 6.92 Å². The Morgan fingerprint density at radius 2 is 2.00 bits per heavy atom. The van der Waals surface area contributed by atoms with E-state index in [1.807, 2.05) is 18.2 Å². The van der Waals surface area contributed by atoms with Crippen molar-refractivity contribution in [1.82, 2.24) is 10.2 Å². The van der Waals surface area contributed by atoms with Gasteiger partial charge in [0.2, 0.25) is 0 Å². The maximum absolute atomic E-state index is 6.01. The van der Waals surface area contributed by atoms with Crippen LogP contribution in [0.5, 0.6) is 11.5 Å². The Hall–Kier alpha value is -2.04. The third kappa shape index (κ3) is 5.24. The molecule has 4 heteroatoms. The lowest BCUT2D eigenvalue weighted by molar-refractivity contribution is 0.260. The van der Waals surface area contributed by atoms with Crippen molar-refractivity contribution in [1.29, 1.82) is 0 Å². The van der Waals surface area contributed by atoms with Gasteiger partial charge in [0.1, 0.15) is 6.61 Å². The Morgan fingerprint density at radius 1 is 1.15 bits per heavy atom. The SMILES string of the molecule is CCN1CCC[C@H]1CNCc1ccc(OCc2ccccc2C)c(OC)c1. The number of hydrogen-bond donors (Lipinski definition) is 1. The van der Waals surface area contributed by atoms with Crippen LogP contribution >= 0.6 is 0 Å². The number of benzene rings is 2. The Balaban J connectivity index is 1.55. The summed E-state index contributed by atoms with van der Waals surface area (Å²) in [7, 11) is 1.70. The molecule has 2 aromatic rings. The molecule has 0 unspecified atom stereocenters. The molecule has 2 aromatic carbocycles. The molecule has 146 valence electrons. The van der Waals surface area contributed by atoms with Crippen molar-refractivity contribution in [3.63, 3.8) is 0 Å². The second-order valence-electron chi connectivity index (χ2n) is 7.26. The summed E-state index contributed by atoms with van der Waals surface area (Å²) in [6, 6.07) is 15.2. The summed E-state index contributed by atoms with van der Waals surface area (Å²) in [6.07, 6.45) is 2.62. The summed E-state index contributed by atoms with van der Waals surface area (Å²) in [5.74, 6) is 1.58. The minimum absolute atomic E-state index is 0.551.